The summed E-state index contributed by atoms with van der Waals surface area (Å²) in [5, 5.41) is 5.93. The highest BCUT2D eigenvalue weighted by molar-refractivity contribution is 7.99. The zero-order valence-corrected chi connectivity index (χ0v) is 23.3. The standard InChI is InChI=1S/C28H35N3O7S/c1-4-39-17-28(34)31-14-21-25(15-31)38-20-8-7-19(23(12-20)35-2)13-29-26(32)10-6-18-5-9-22(24(11-18)36-3)37-16-27(33)30-21/h5,7-9,11-12,21,25H,4,6,10,13-17H2,1-3H3,(H,29,32)(H,30,33)/t21-,25-/m1/s1. The van der Waals surface area contributed by atoms with Crippen LogP contribution in [0.1, 0.15) is 24.5 Å². The molecule has 11 heteroatoms. The molecule has 0 spiro atoms. The fraction of sp³-hybridized carbons (Fsp3) is 0.464. The first-order chi connectivity index (χ1) is 18.9. The number of benzene rings is 2. The van der Waals surface area contributed by atoms with Gasteiger partial charge in [-0.05, 0) is 42.0 Å². The first kappa shape index (κ1) is 28.4. The van der Waals surface area contributed by atoms with Crippen molar-refractivity contribution < 1.29 is 33.3 Å². The predicted molar refractivity (Wildman–Crippen MR) is 148 cm³/mol. The number of amides is 3. The van der Waals surface area contributed by atoms with E-state index in [1.54, 1.807) is 48.0 Å². The van der Waals surface area contributed by atoms with E-state index in [-0.39, 0.29) is 24.3 Å². The second-order valence-corrected chi connectivity index (χ2v) is 10.6. The normalized spacial score (nSPS) is 19.8. The summed E-state index contributed by atoms with van der Waals surface area (Å²) in [6, 6.07) is 10.4. The van der Waals surface area contributed by atoms with Gasteiger partial charge in [-0.15, -0.1) is 0 Å². The summed E-state index contributed by atoms with van der Waals surface area (Å²) in [5.41, 5.74) is 1.72. The Bertz CT molecular complexity index is 1190. The monoisotopic (exact) mass is 557 g/mol. The molecule has 5 heterocycles. The van der Waals surface area contributed by atoms with Crippen LogP contribution in [0.5, 0.6) is 23.0 Å². The first-order valence-electron chi connectivity index (χ1n) is 12.9. The van der Waals surface area contributed by atoms with Crippen LogP contribution >= 0.6 is 11.8 Å². The van der Waals surface area contributed by atoms with Crippen LogP contribution in [0.4, 0.5) is 0 Å². The van der Waals surface area contributed by atoms with Gasteiger partial charge < -0.3 is 34.5 Å². The molecular weight excluding hydrogens is 522 g/mol. The summed E-state index contributed by atoms with van der Waals surface area (Å²) in [5.74, 6) is 2.80. The zero-order valence-electron chi connectivity index (χ0n) is 22.5. The molecule has 0 aliphatic carbocycles. The van der Waals surface area contributed by atoms with E-state index in [9.17, 15) is 14.4 Å². The van der Waals surface area contributed by atoms with Gasteiger partial charge in [-0.2, -0.15) is 11.8 Å². The van der Waals surface area contributed by atoms with Crippen molar-refractivity contribution in [2.45, 2.75) is 38.5 Å². The van der Waals surface area contributed by atoms with Crippen LogP contribution in [0.3, 0.4) is 0 Å². The maximum Gasteiger partial charge on any atom is 0.258 e. The lowest BCUT2D eigenvalue weighted by Crippen LogP contribution is -2.47. The number of carbonyl (C=O) groups excluding carboxylic acids is 3. The third kappa shape index (κ3) is 7.50. The van der Waals surface area contributed by atoms with Gasteiger partial charge in [0.15, 0.2) is 18.1 Å². The summed E-state index contributed by atoms with van der Waals surface area (Å²) in [6.45, 7) is 2.75. The van der Waals surface area contributed by atoms with E-state index in [0.29, 0.717) is 61.2 Å². The lowest BCUT2D eigenvalue weighted by Gasteiger charge is -2.22. The lowest BCUT2D eigenvalue weighted by molar-refractivity contribution is -0.128. The third-order valence-electron chi connectivity index (χ3n) is 6.64. The maximum atomic E-state index is 12.9. The van der Waals surface area contributed by atoms with Crippen LogP contribution in [0.15, 0.2) is 36.4 Å². The topological polar surface area (TPSA) is 115 Å². The molecule has 5 aliphatic heterocycles. The SMILES string of the molecule is CCSCC(=O)N1C[C@H]2NC(=O)COc3ccc(cc3OC)CCC(=O)NCc3ccc(cc3OC)O[C@@H]2C1. The second kappa shape index (κ2) is 13.5. The molecule has 2 aromatic rings. The second-order valence-electron chi connectivity index (χ2n) is 9.29. The van der Waals surface area contributed by atoms with E-state index in [4.69, 9.17) is 18.9 Å². The molecule has 3 amide bonds. The molecular formula is C28H35N3O7S. The van der Waals surface area contributed by atoms with Crippen molar-refractivity contribution in [1.82, 2.24) is 15.5 Å². The number of ether oxygens (including phenoxy) is 4. The van der Waals surface area contributed by atoms with Gasteiger partial charge in [-0.3, -0.25) is 14.4 Å². The predicted octanol–water partition coefficient (Wildman–Crippen LogP) is 2.17. The van der Waals surface area contributed by atoms with Crippen LogP contribution in [0, 0.1) is 0 Å². The van der Waals surface area contributed by atoms with Gasteiger partial charge in [0.2, 0.25) is 11.8 Å². The van der Waals surface area contributed by atoms with Gasteiger partial charge in [0.05, 0.1) is 32.6 Å². The fourth-order valence-electron chi connectivity index (χ4n) is 4.55. The van der Waals surface area contributed by atoms with Crippen molar-refractivity contribution in [2.24, 2.45) is 0 Å². The molecule has 4 bridgehead atoms. The molecule has 10 nitrogen and oxygen atoms in total. The summed E-state index contributed by atoms with van der Waals surface area (Å²) in [4.78, 5) is 39.9. The maximum absolute atomic E-state index is 12.9. The minimum absolute atomic E-state index is 0.00228. The Morgan fingerprint density at radius 2 is 1.87 bits per heavy atom. The van der Waals surface area contributed by atoms with Crippen molar-refractivity contribution in [3.63, 3.8) is 0 Å². The average Bonchev–Trinajstić information content (AvgIpc) is 3.34. The number of rotatable bonds is 5. The quantitative estimate of drug-likeness (QED) is 0.575. The number of likely N-dealkylation sites (tertiary alicyclic amines) is 1. The zero-order chi connectivity index (χ0) is 27.8. The molecule has 0 saturated carbocycles. The first-order valence-corrected chi connectivity index (χ1v) is 14.1. The largest absolute Gasteiger partial charge is 0.496 e. The van der Waals surface area contributed by atoms with Crippen molar-refractivity contribution >= 4 is 29.5 Å². The van der Waals surface area contributed by atoms with Gasteiger partial charge in [-0.25, -0.2) is 0 Å². The molecule has 1 saturated heterocycles. The number of thioether (sulfide) groups is 1. The van der Waals surface area contributed by atoms with Crippen molar-refractivity contribution in [3.8, 4) is 23.0 Å². The highest BCUT2D eigenvalue weighted by Gasteiger charge is 2.38. The number of hydrogen-bond donors (Lipinski definition) is 2. The van der Waals surface area contributed by atoms with Gasteiger partial charge in [0, 0.05) is 31.1 Å². The summed E-state index contributed by atoms with van der Waals surface area (Å²) >= 11 is 1.55. The molecule has 2 atom stereocenters. The Morgan fingerprint density at radius 3 is 2.64 bits per heavy atom. The number of carbonyl (C=O) groups is 3. The van der Waals surface area contributed by atoms with Crippen LogP contribution < -0.4 is 29.6 Å². The van der Waals surface area contributed by atoms with Crippen molar-refractivity contribution in [1.29, 1.82) is 0 Å². The van der Waals surface area contributed by atoms with E-state index in [2.05, 4.69) is 10.6 Å². The van der Waals surface area contributed by atoms with E-state index in [0.717, 1.165) is 16.9 Å². The molecule has 0 aromatic heterocycles. The van der Waals surface area contributed by atoms with Crippen LogP contribution in [0.25, 0.3) is 0 Å². The van der Waals surface area contributed by atoms with Crippen LogP contribution in [-0.2, 0) is 27.3 Å². The smallest absolute Gasteiger partial charge is 0.258 e. The van der Waals surface area contributed by atoms with Gasteiger partial charge in [0.1, 0.15) is 17.6 Å². The highest BCUT2D eigenvalue weighted by atomic mass is 32.2. The van der Waals surface area contributed by atoms with E-state index >= 15 is 0 Å². The Balaban J connectivity index is 1.59. The van der Waals surface area contributed by atoms with E-state index < -0.39 is 12.1 Å². The third-order valence-corrected chi connectivity index (χ3v) is 7.50. The molecule has 0 unspecified atom stereocenters. The van der Waals surface area contributed by atoms with Crippen LogP contribution in [-0.4, -0.2) is 80.2 Å². The van der Waals surface area contributed by atoms with Crippen molar-refractivity contribution in [3.05, 3.63) is 47.5 Å². The molecule has 5 aliphatic rings. The Kier molecular flexibility index (Phi) is 9.80. The van der Waals surface area contributed by atoms with Crippen molar-refractivity contribution in [2.75, 3.05) is 45.4 Å². The fourth-order valence-corrected chi connectivity index (χ4v) is 5.12. The molecule has 0 radical (unpaired) electrons. The highest BCUT2D eigenvalue weighted by Crippen LogP contribution is 2.30. The Hall–Kier alpha value is -3.60. The lowest BCUT2D eigenvalue weighted by atomic mass is 10.1. The van der Waals surface area contributed by atoms with E-state index in [1.807, 2.05) is 19.1 Å². The molecule has 2 N–H and O–H groups in total. The summed E-state index contributed by atoms with van der Waals surface area (Å²) in [6.07, 6.45) is 0.339. The molecule has 2 aromatic carbocycles. The Morgan fingerprint density at radius 1 is 1.05 bits per heavy atom. The minimum Gasteiger partial charge on any atom is -0.496 e. The number of nitrogens with zero attached hydrogens (tertiary/aromatic N) is 1. The average molecular weight is 558 g/mol. The minimum atomic E-state index is -0.473. The molecule has 1 fully saturated rings. The number of aryl methyl sites for hydroxylation is 1. The summed E-state index contributed by atoms with van der Waals surface area (Å²) in [7, 11) is 3.09. The number of nitrogens with one attached hydrogen (secondary N) is 2. The molecule has 39 heavy (non-hydrogen) atoms. The number of methoxy groups -OCH3 is 2. The van der Waals surface area contributed by atoms with Gasteiger partial charge in [0.25, 0.3) is 5.91 Å². The molecule has 7 rings (SSSR count). The van der Waals surface area contributed by atoms with Gasteiger partial charge >= 0.3 is 0 Å². The summed E-state index contributed by atoms with van der Waals surface area (Å²) < 4.78 is 23.1. The number of hydrogen-bond acceptors (Lipinski definition) is 8. The van der Waals surface area contributed by atoms with E-state index in [1.165, 1.54) is 7.11 Å². The Labute approximate surface area is 232 Å². The van der Waals surface area contributed by atoms with Gasteiger partial charge in [-0.1, -0.05) is 13.0 Å². The van der Waals surface area contributed by atoms with Crippen LogP contribution in [0.2, 0.25) is 0 Å². The molecule has 210 valence electrons.